The van der Waals surface area contributed by atoms with Crippen molar-refractivity contribution in [3.63, 3.8) is 0 Å². The number of hydrogen-bond acceptors (Lipinski definition) is 3. The molecule has 0 aliphatic rings. The molecule has 0 bridgehead atoms. The fourth-order valence-corrected chi connectivity index (χ4v) is 2.35. The Morgan fingerprint density at radius 2 is 1.67 bits per heavy atom. The van der Waals surface area contributed by atoms with E-state index in [2.05, 4.69) is 5.32 Å². The van der Waals surface area contributed by atoms with Gasteiger partial charge in [-0.2, -0.15) is 0 Å². The molecule has 1 N–H and O–H groups in total. The van der Waals surface area contributed by atoms with Crippen molar-refractivity contribution in [3.8, 4) is 11.5 Å². The normalized spacial score (nSPS) is 12.0. The Balaban J connectivity index is 2.33. The lowest BCUT2D eigenvalue weighted by Gasteiger charge is -2.19. The second-order valence-electron chi connectivity index (χ2n) is 4.76. The molecule has 2 aromatic carbocycles. The molecular formula is C17H20FNO2. The van der Waals surface area contributed by atoms with Crippen LogP contribution in [0.2, 0.25) is 0 Å². The van der Waals surface area contributed by atoms with Crippen molar-refractivity contribution >= 4 is 0 Å². The van der Waals surface area contributed by atoms with Gasteiger partial charge in [0.05, 0.1) is 14.2 Å². The molecule has 2 rings (SSSR count). The molecule has 21 heavy (non-hydrogen) atoms. The maximum absolute atomic E-state index is 14.3. The third kappa shape index (κ3) is 3.52. The van der Waals surface area contributed by atoms with Gasteiger partial charge >= 0.3 is 0 Å². The first-order chi connectivity index (χ1) is 10.2. The summed E-state index contributed by atoms with van der Waals surface area (Å²) in [6.07, 6.45) is 0.698. The summed E-state index contributed by atoms with van der Waals surface area (Å²) in [7, 11) is 4.87. The van der Waals surface area contributed by atoms with Gasteiger partial charge in [-0.1, -0.05) is 30.3 Å². The van der Waals surface area contributed by atoms with Crippen LogP contribution in [0.1, 0.15) is 17.2 Å². The van der Waals surface area contributed by atoms with E-state index >= 15 is 0 Å². The lowest BCUT2D eigenvalue weighted by atomic mass is 9.98. The van der Waals surface area contributed by atoms with Crippen molar-refractivity contribution in [2.45, 2.75) is 12.5 Å². The minimum absolute atomic E-state index is 0.132. The second kappa shape index (κ2) is 7.09. The fraction of sp³-hybridized carbons (Fsp3) is 0.294. The lowest BCUT2D eigenvalue weighted by molar-refractivity contribution is 0.350. The molecule has 0 fully saturated rings. The van der Waals surface area contributed by atoms with Gasteiger partial charge in [0, 0.05) is 17.7 Å². The number of hydrogen-bond donors (Lipinski definition) is 1. The van der Waals surface area contributed by atoms with Crippen LogP contribution in [0, 0.1) is 5.82 Å². The Morgan fingerprint density at radius 3 is 2.24 bits per heavy atom. The van der Waals surface area contributed by atoms with E-state index in [9.17, 15) is 4.39 Å². The highest BCUT2D eigenvalue weighted by molar-refractivity contribution is 5.45. The van der Waals surface area contributed by atoms with Crippen LogP contribution in [0.15, 0.2) is 42.5 Å². The number of methoxy groups -OCH3 is 2. The third-order valence-corrected chi connectivity index (χ3v) is 3.51. The molecule has 1 unspecified atom stereocenters. The van der Waals surface area contributed by atoms with E-state index in [1.165, 1.54) is 13.2 Å². The summed E-state index contributed by atoms with van der Waals surface area (Å²) in [6, 6.07) is 12.9. The molecule has 112 valence electrons. The van der Waals surface area contributed by atoms with E-state index in [-0.39, 0.29) is 11.9 Å². The minimum Gasteiger partial charge on any atom is -0.493 e. The zero-order chi connectivity index (χ0) is 15.2. The van der Waals surface area contributed by atoms with Crippen LogP contribution >= 0.6 is 0 Å². The van der Waals surface area contributed by atoms with Crippen molar-refractivity contribution in [3.05, 3.63) is 59.4 Å². The van der Waals surface area contributed by atoms with E-state index in [0.29, 0.717) is 23.5 Å². The van der Waals surface area contributed by atoms with Gasteiger partial charge in [0.15, 0.2) is 11.5 Å². The van der Waals surface area contributed by atoms with Gasteiger partial charge in [-0.25, -0.2) is 4.39 Å². The summed E-state index contributed by atoms with van der Waals surface area (Å²) in [5.74, 6) is 0.624. The zero-order valence-electron chi connectivity index (χ0n) is 12.5. The van der Waals surface area contributed by atoms with Gasteiger partial charge in [-0.15, -0.1) is 0 Å². The first kappa shape index (κ1) is 15.3. The number of halogens is 1. The quantitative estimate of drug-likeness (QED) is 0.884. The van der Waals surface area contributed by atoms with Gasteiger partial charge in [-0.3, -0.25) is 0 Å². The average molecular weight is 289 g/mol. The summed E-state index contributed by atoms with van der Waals surface area (Å²) >= 11 is 0. The Hall–Kier alpha value is -2.07. The van der Waals surface area contributed by atoms with E-state index < -0.39 is 0 Å². The summed E-state index contributed by atoms with van der Waals surface area (Å²) in [4.78, 5) is 0. The van der Waals surface area contributed by atoms with Gasteiger partial charge in [-0.05, 0) is 25.1 Å². The van der Waals surface area contributed by atoms with Crippen molar-refractivity contribution < 1.29 is 13.9 Å². The maximum Gasteiger partial charge on any atom is 0.163 e. The molecule has 3 nitrogen and oxygen atoms in total. The fourth-order valence-electron chi connectivity index (χ4n) is 2.35. The number of nitrogens with one attached hydrogen (secondary N) is 1. The van der Waals surface area contributed by atoms with Crippen LogP contribution < -0.4 is 14.8 Å². The largest absolute Gasteiger partial charge is 0.493 e. The highest BCUT2D eigenvalue weighted by atomic mass is 19.1. The highest BCUT2D eigenvalue weighted by Gasteiger charge is 2.18. The van der Waals surface area contributed by atoms with Gasteiger partial charge in [0.25, 0.3) is 0 Å². The average Bonchev–Trinajstić information content (AvgIpc) is 2.53. The standard InChI is InChI=1S/C17H20FNO2/c1-19-15(9-12-7-5-4-6-8-12)13-10-16(20-2)17(21-3)11-14(13)18/h4-8,10-11,15,19H,9H2,1-3H3. The third-order valence-electron chi connectivity index (χ3n) is 3.51. The number of ether oxygens (including phenoxy) is 2. The first-order valence-electron chi connectivity index (χ1n) is 6.82. The Kier molecular flexibility index (Phi) is 5.17. The van der Waals surface area contributed by atoms with Crippen LogP contribution in [0.5, 0.6) is 11.5 Å². The van der Waals surface area contributed by atoms with E-state index in [4.69, 9.17) is 9.47 Å². The number of benzene rings is 2. The maximum atomic E-state index is 14.3. The van der Waals surface area contributed by atoms with E-state index in [0.717, 1.165) is 5.56 Å². The molecule has 0 heterocycles. The molecule has 0 amide bonds. The topological polar surface area (TPSA) is 30.5 Å². The van der Waals surface area contributed by atoms with E-state index in [1.54, 1.807) is 13.2 Å². The molecule has 0 aliphatic carbocycles. The zero-order valence-corrected chi connectivity index (χ0v) is 12.5. The van der Waals surface area contributed by atoms with Crippen LogP contribution in [0.3, 0.4) is 0 Å². The van der Waals surface area contributed by atoms with Gasteiger partial charge in [0.2, 0.25) is 0 Å². The molecule has 1 atom stereocenters. The molecule has 0 saturated heterocycles. The van der Waals surface area contributed by atoms with Gasteiger partial charge in [0.1, 0.15) is 5.82 Å². The summed E-state index contributed by atoms with van der Waals surface area (Å²) in [5.41, 5.74) is 1.71. The molecule has 0 aromatic heterocycles. The molecule has 0 radical (unpaired) electrons. The van der Waals surface area contributed by atoms with Crippen LogP contribution in [0.25, 0.3) is 0 Å². The monoisotopic (exact) mass is 289 g/mol. The molecular weight excluding hydrogens is 269 g/mol. The molecule has 2 aromatic rings. The Bertz CT molecular complexity index is 587. The highest BCUT2D eigenvalue weighted by Crippen LogP contribution is 2.33. The SMILES string of the molecule is CNC(Cc1ccccc1)c1cc(OC)c(OC)cc1F. The summed E-state index contributed by atoms with van der Waals surface area (Å²) in [5, 5.41) is 3.16. The predicted molar refractivity (Wildman–Crippen MR) is 81.5 cm³/mol. The molecule has 0 saturated carbocycles. The Morgan fingerprint density at radius 1 is 1.05 bits per heavy atom. The number of likely N-dealkylation sites (N-methyl/N-ethyl adjacent to an activating group) is 1. The Labute approximate surface area is 124 Å². The minimum atomic E-state index is -0.303. The van der Waals surface area contributed by atoms with E-state index in [1.807, 2.05) is 37.4 Å². The van der Waals surface area contributed by atoms with Gasteiger partial charge < -0.3 is 14.8 Å². The van der Waals surface area contributed by atoms with Crippen molar-refractivity contribution in [2.75, 3.05) is 21.3 Å². The predicted octanol–water partition coefficient (Wildman–Crippen LogP) is 3.35. The van der Waals surface area contributed by atoms with Crippen molar-refractivity contribution in [1.29, 1.82) is 0 Å². The first-order valence-corrected chi connectivity index (χ1v) is 6.82. The summed E-state index contributed by atoms with van der Waals surface area (Å²) < 4.78 is 24.7. The smallest absolute Gasteiger partial charge is 0.163 e. The van der Waals surface area contributed by atoms with Crippen molar-refractivity contribution in [1.82, 2.24) is 5.32 Å². The summed E-state index contributed by atoms with van der Waals surface area (Å²) in [6.45, 7) is 0. The molecule has 0 spiro atoms. The second-order valence-corrected chi connectivity index (χ2v) is 4.76. The van der Waals surface area contributed by atoms with Crippen LogP contribution in [-0.2, 0) is 6.42 Å². The van der Waals surface area contributed by atoms with Crippen molar-refractivity contribution in [2.24, 2.45) is 0 Å². The van der Waals surface area contributed by atoms with Crippen LogP contribution in [0.4, 0.5) is 4.39 Å². The van der Waals surface area contributed by atoms with Crippen LogP contribution in [-0.4, -0.2) is 21.3 Å². The lowest BCUT2D eigenvalue weighted by Crippen LogP contribution is -2.20. The number of rotatable bonds is 6. The molecule has 4 heteroatoms. The molecule has 0 aliphatic heterocycles.